The Morgan fingerprint density at radius 2 is 2.17 bits per heavy atom. The number of benzene rings is 1. The van der Waals surface area contributed by atoms with E-state index in [2.05, 4.69) is 21.8 Å². The number of nitrogens with two attached hydrogens (primary N) is 1. The SMILES string of the molecule is CCCCCN1CCC(c2nc3c(OC(N)=O)cccc3[nH]2)CC1. The molecule has 0 unspecified atom stereocenters. The van der Waals surface area contributed by atoms with Crippen LogP contribution < -0.4 is 10.5 Å². The van der Waals surface area contributed by atoms with Crippen molar-refractivity contribution in [3.63, 3.8) is 0 Å². The zero-order chi connectivity index (χ0) is 16.9. The van der Waals surface area contributed by atoms with Crippen molar-refractivity contribution in [2.24, 2.45) is 5.73 Å². The summed E-state index contributed by atoms with van der Waals surface area (Å²) in [6, 6.07) is 5.49. The Hall–Kier alpha value is -2.08. The average Bonchev–Trinajstić information content (AvgIpc) is 3.00. The number of piperidine rings is 1. The van der Waals surface area contributed by atoms with Crippen LogP contribution in [-0.2, 0) is 0 Å². The number of fused-ring (bicyclic) bond motifs is 1. The van der Waals surface area contributed by atoms with Crippen LogP contribution in [0.15, 0.2) is 18.2 Å². The summed E-state index contributed by atoms with van der Waals surface area (Å²) in [5.41, 5.74) is 6.69. The molecule has 3 N–H and O–H groups in total. The number of primary amides is 1. The van der Waals surface area contributed by atoms with Crippen LogP contribution in [-0.4, -0.2) is 40.6 Å². The summed E-state index contributed by atoms with van der Waals surface area (Å²) < 4.78 is 5.05. The van der Waals surface area contributed by atoms with Gasteiger partial charge in [0, 0.05) is 5.92 Å². The van der Waals surface area contributed by atoms with E-state index in [9.17, 15) is 4.79 Å². The number of imidazole rings is 1. The van der Waals surface area contributed by atoms with Crippen molar-refractivity contribution in [1.29, 1.82) is 0 Å². The van der Waals surface area contributed by atoms with Crippen molar-refractivity contribution in [3.05, 3.63) is 24.0 Å². The van der Waals surface area contributed by atoms with Gasteiger partial charge in [-0.2, -0.15) is 0 Å². The van der Waals surface area contributed by atoms with Crippen LogP contribution in [0.2, 0.25) is 0 Å². The highest BCUT2D eigenvalue weighted by molar-refractivity contribution is 5.84. The Morgan fingerprint density at radius 3 is 2.88 bits per heavy atom. The molecule has 130 valence electrons. The summed E-state index contributed by atoms with van der Waals surface area (Å²) in [6.45, 7) is 5.69. The number of H-pyrrole nitrogens is 1. The molecule has 3 rings (SSSR count). The lowest BCUT2D eigenvalue weighted by Gasteiger charge is -2.31. The Balaban J connectivity index is 1.67. The molecule has 0 radical (unpaired) electrons. The Morgan fingerprint density at radius 1 is 1.38 bits per heavy atom. The first-order valence-electron chi connectivity index (χ1n) is 8.85. The van der Waals surface area contributed by atoms with Crippen LogP contribution in [0, 0.1) is 0 Å². The van der Waals surface area contributed by atoms with Gasteiger partial charge in [-0.05, 0) is 51.0 Å². The second kappa shape index (κ2) is 7.66. The fraction of sp³-hybridized carbons (Fsp3) is 0.556. The number of hydrogen-bond donors (Lipinski definition) is 2. The van der Waals surface area contributed by atoms with Crippen molar-refractivity contribution in [3.8, 4) is 5.75 Å². The lowest BCUT2D eigenvalue weighted by molar-refractivity contribution is 0.206. The van der Waals surface area contributed by atoms with E-state index in [0.29, 0.717) is 17.2 Å². The van der Waals surface area contributed by atoms with Gasteiger partial charge in [-0.3, -0.25) is 0 Å². The minimum atomic E-state index is -0.813. The van der Waals surface area contributed by atoms with E-state index in [-0.39, 0.29) is 0 Å². The first-order chi connectivity index (χ1) is 11.7. The van der Waals surface area contributed by atoms with Crippen molar-refractivity contribution < 1.29 is 9.53 Å². The molecule has 1 aromatic carbocycles. The van der Waals surface area contributed by atoms with Gasteiger partial charge in [-0.1, -0.05) is 25.8 Å². The molecule has 0 bridgehead atoms. The third-order valence-electron chi connectivity index (χ3n) is 4.76. The first-order valence-corrected chi connectivity index (χ1v) is 8.85. The molecule has 0 aliphatic carbocycles. The van der Waals surface area contributed by atoms with E-state index in [1.165, 1.54) is 25.8 Å². The van der Waals surface area contributed by atoms with Crippen molar-refractivity contribution >= 4 is 17.1 Å². The van der Waals surface area contributed by atoms with Gasteiger partial charge in [-0.15, -0.1) is 0 Å². The molecule has 6 heteroatoms. The third kappa shape index (κ3) is 3.87. The van der Waals surface area contributed by atoms with E-state index in [1.807, 2.05) is 12.1 Å². The monoisotopic (exact) mass is 330 g/mol. The number of para-hydroxylation sites is 1. The zero-order valence-corrected chi connectivity index (χ0v) is 14.3. The van der Waals surface area contributed by atoms with Crippen LogP contribution in [0.1, 0.15) is 50.8 Å². The number of unbranched alkanes of at least 4 members (excludes halogenated alkanes) is 2. The fourth-order valence-corrected chi connectivity index (χ4v) is 3.42. The van der Waals surface area contributed by atoms with Crippen LogP contribution in [0.3, 0.4) is 0 Å². The normalized spacial score (nSPS) is 16.5. The van der Waals surface area contributed by atoms with Crippen LogP contribution >= 0.6 is 0 Å². The standard InChI is InChI=1S/C18H26N4O2/c1-2-3-4-10-22-11-8-13(9-12-22)17-20-14-6-5-7-15(16(14)21-17)24-18(19)23/h5-7,13H,2-4,8-12H2,1H3,(H2,19,23)(H,20,21). The molecule has 2 aromatic rings. The lowest BCUT2D eigenvalue weighted by atomic mass is 9.96. The molecule has 1 saturated heterocycles. The molecule has 1 fully saturated rings. The number of ether oxygens (including phenoxy) is 1. The largest absolute Gasteiger partial charge is 0.410 e. The highest BCUT2D eigenvalue weighted by Gasteiger charge is 2.23. The topological polar surface area (TPSA) is 84.2 Å². The fourth-order valence-electron chi connectivity index (χ4n) is 3.42. The lowest BCUT2D eigenvalue weighted by Crippen LogP contribution is -2.33. The smallest absolute Gasteiger partial charge is 0.408 e. The number of likely N-dealkylation sites (tertiary alicyclic amines) is 1. The number of nitrogens with zero attached hydrogens (tertiary/aromatic N) is 2. The van der Waals surface area contributed by atoms with E-state index in [4.69, 9.17) is 10.5 Å². The molecule has 6 nitrogen and oxygen atoms in total. The van der Waals surface area contributed by atoms with Gasteiger partial charge in [-0.25, -0.2) is 9.78 Å². The number of aromatic amines is 1. The van der Waals surface area contributed by atoms with E-state index in [1.54, 1.807) is 6.07 Å². The van der Waals surface area contributed by atoms with Crippen molar-refractivity contribution in [2.45, 2.75) is 44.9 Å². The number of carbonyl (C=O) groups excluding carboxylic acids is 1. The van der Waals surface area contributed by atoms with Gasteiger partial charge < -0.3 is 20.4 Å². The Kier molecular flexibility index (Phi) is 5.35. The van der Waals surface area contributed by atoms with Crippen molar-refractivity contribution in [1.82, 2.24) is 14.9 Å². The number of amides is 1. The number of aromatic nitrogens is 2. The second-order valence-electron chi connectivity index (χ2n) is 6.52. The molecule has 2 heterocycles. The number of rotatable bonds is 6. The van der Waals surface area contributed by atoms with Crippen LogP contribution in [0.4, 0.5) is 4.79 Å². The number of carbonyl (C=O) groups is 1. The van der Waals surface area contributed by atoms with E-state index < -0.39 is 6.09 Å². The maximum absolute atomic E-state index is 11.0. The maximum Gasteiger partial charge on any atom is 0.410 e. The number of nitrogens with one attached hydrogen (secondary N) is 1. The second-order valence-corrected chi connectivity index (χ2v) is 6.52. The predicted molar refractivity (Wildman–Crippen MR) is 94.2 cm³/mol. The van der Waals surface area contributed by atoms with Crippen LogP contribution in [0.5, 0.6) is 5.75 Å². The van der Waals surface area contributed by atoms with Gasteiger partial charge in [0.25, 0.3) is 0 Å². The van der Waals surface area contributed by atoms with Crippen molar-refractivity contribution in [2.75, 3.05) is 19.6 Å². The molecule has 0 saturated carbocycles. The maximum atomic E-state index is 11.0. The summed E-state index contributed by atoms with van der Waals surface area (Å²) in [6.07, 6.45) is 5.28. The minimum absolute atomic E-state index is 0.416. The van der Waals surface area contributed by atoms with Gasteiger partial charge in [0.15, 0.2) is 5.75 Å². The van der Waals surface area contributed by atoms with Crippen LogP contribution in [0.25, 0.3) is 11.0 Å². The molecule has 1 aromatic heterocycles. The number of hydrogen-bond acceptors (Lipinski definition) is 4. The van der Waals surface area contributed by atoms with Gasteiger partial charge >= 0.3 is 6.09 Å². The van der Waals surface area contributed by atoms with E-state index in [0.717, 1.165) is 37.3 Å². The minimum Gasteiger partial charge on any atom is -0.408 e. The molecular weight excluding hydrogens is 304 g/mol. The third-order valence-corrected chi connectivity index (χ3v) is 4.76. The van der Waals surface area contributed by atoms with Gasteiger partial charge in [0.1, 0.15) is 11.3 Å². The van der Waals surface area contributed by atoms with Gasteiger partial charge in [0.2, 0.25) is 0 Å². The quantitative estimate of drug-likeness (QED) is 0.795. The highest BCUT2D eigenvalue weighted by Crippen LogP contribution is 2.30. The molecule has 24 heavy (non-hydrogen) atoms. The highest BCUT2D eigenvalue weighted by atomic mass is 16.5. The van der Waals surface area contributed by atoms with E-state index >= 15 is 0 Å². The molecule has 1 amide bonds. The zero-order valence-electron chi connectivity index (χ0n) is 14.3. The molecule has 0 spiro atoms. The summed E-state index contributed by atoms with van der Waals surface area (Å²) in [4.78, 5) is 21.6. The molecule has 1 aliphatic rings. The predicted octanol–water partition coefficient (Wildman–Crippen LogP) is 3.39. The summed E-state index contributed by atoms with van der Waals surface area (Å²) in [5, 5.41) is 0. The first kappa shape index (κ1) is 16.8. The Bertz CT molecular complexity index is 689. The van der Waals surface area contributed by atoms with Gasteiger partial charge in [0.05, 0.1) is 5.52 Å². The molecular formula is C18H26N4O2. The molecule has 0 atom stereocenters. The summed E-state index contributed by atoms with van der Waals surface area (Å²) >= 11 is 0. The Labute approximate surface area is 142 Å². The average molecular weight is 330 g/mol. The summed E-state index contributed by atoms with van der Waals surface area (Å²) in [5.74, 6) is 1.83. The summed E-state index contributed by atoms with van der Waals surface area (Å²) in [7, 11) is 0. The molecule has 1 aliphatic heterocycles.